The highest BCUT2D eigenvalue weighted by Gasteiger charge is 2.19. The summed E-state index contributed by atoms with van der Waals surface area (Å²) in [5.74, 6) is 0.195. The number of rotatable bonds is 4. The summed E-state index contributed by atoms with van der Waals surface area (Å²) in [5, 5.41) is 3.26. The molecular formula is C16H25N3O. The van der Waals surface area contributed by atoms with Crippen LogP contribution in [0.25, 0.3) is 0 Å². The predicted molar refractivity (Wildman–Crippen MR) is 83.1 cm³/mol. The van der Waals surface area contributed by atoms with Gasteiger partial charge < -0.3 is 15.1 Å². The molecule has 0 spiro atoms. The number of benzene rings is 1. The highest BCUT2D eigenvalue weighted by Crippen LogP contribution is 2.15. The first kappa shape index (κ1) is 14.9. The summed E-state index contributed by atoms with van der Waals surface area (Å²) in [4.78, 5) is 16.5. The van der Waals surface area contributed by atoms with Gasteiger partial charge in [0, 0.05) is 31.9 Å². The normalized spacial score (nSPS) is 16.2. The summed E-state index contributed by atoms with van der Waals surface area (Å²) in [7, 11) is 0. The number of amides is 1. The molecule has 110 valence electrons. The van der Waals surface area contributed by atoms with Crippen molar-refractivity contribution in [3.63, 3.8) is 0 Å². The van der Waals surface area contributed by atoms with Crippen molar-refractivity contribution in [1.29, 1.82) is 0 Å². The molecule has 1 fully saturated rings. The van der Waals surface area contributed by atoms with E-state index in [1.807, 2.05) is 11.0 Å². The van der Waals surface area contributed by atoms with E-state index < -0.39 is 0 Å². The Balaban J connectivity index is 1.83. The lowest BCUT2D eigenvalue weighted by molar-refractivity contribution is -0.131. The number of piperazine rings is 1. The van der Waals surface area contributed by atoms with Crippen LogP contribution in [0.1, 0.15) is 18.1 Å². The fourth-order valence-corrected chi connectivity index (χ4v) is 2.61. The lowest BCUT2D eigenvalue weighted by Crippen LogP contribution is -2.49. The molecule has 1 heterocycles. The molecule has 4 heteroatoms. The van der Waals surface area contributed by atoms with Crippen molar-refractivity contribution >= 4 is 11.6 Å². The maximum absolute atomic E-state index is 12.2. The minimum atomic E-state index is 0.195. The Bertz CT molecular complexity index is 465. The van der Waals surface area contributed by atoms with E-state index in [4.69, 9.17) is 0 Å². The van der Waals surface area contributed by atoms with Crippen LogP contribution in [0.5, 0.6) is 0 Å². The van der Waals surface area contributed by atoms with Gasteiger partial charge in [-0.15, -0.1) is 0 Å². The van der Waals surface area contributed by atoms with Crippen LogP contribution in [0.15, 0.2) is 18.2 Å². The summed E-state index contributed by atoms with van der Waals surface area (Å²) in [6.07, 6.45) is 0. The number of carbonyl (C=O) groups is 1. The van der Waals surface area contributed by atoms with Crippen molar-refractivity contribution in [1.82, 2.24) is 9.80 Å². The second kappa shape index (κ2) is 6.75. The molecule has 0 atom stereocenters. The van der Waals surface area contributed by atoms with Crippen molar-refractivity contribution in [3.8, 4) is 0 Å². The maximum Gasteiger partial charge on any atom is 0.241 e. The Kier molecular flexibility index (Phi) is 5.01. The summed E-state index contributed by atoms with van der Waals surface area (Å²) in [6, 6.07) is 6.25. The number of likely N-dealkylation sites (N-methyl/N-ethyl adjacent to an activating group) is 1. The van der Waals surface area contributed by atoms with Crippen LogP contribution < -0.4 is 5.32 Å². The molecule has 1 saturated heterocycles. The molecule has 0 aliphatic carbocycles. The van der Waals surface area contributed by atoms with E-state index in [0.29, 0.717) is 6.54 Å². The largest absolute Gasteiger partial charge is 0.376 e. The first-order valence-electron chi connectivity index (χ1n) is 7.41. The Hall–Kier alpha value is -1.55. The fourth-order valence-electron chi connectivity index (χ4n) is 2.61. The second-order valence-corrected chi connectivity index (χ2v) is 5.49. The van der Waals surface area contributed by atoms with E-state index in [9.17, 15) is 4.79 Å². The Morgan fingerprint density at radius 1 is 1.20 bits per heavy atom. The van der Waals surface area contributed by atoms with Crippen molar-refractivity contribution in [2.45, 2.75) is 20.8 Å². The standard InChI is InChI=1S/C16H25N3O/c1-4-18-7-9-19(10-8-18)16(20)12-17-15-6-5-13(2)11-14(15)3/h5-6,11,17H,4,7-10,12H2,1-3H3. The van der Waals surface area contributed by atoms with E-state index >= 15 is 0 Å². The van der Waals surface area contributed by atoms with Gasteiger partial charge >= 0.3 is 0 Å². The average Bonchev–Trinajstić information content (AvgIpc) is 2.46. The molecule has 1 aliphatic rings. The van der Waals surface area contributed by atoms with E-state index in [1.165, 1.54) is 11.1 Å². The summed E-state index contributed by atoms with van der Waals surface area (Å²) >= 11 is 0. The zero-order chi connectivity index (χ0) is 14.5. The molecule has 0 unspecified atom stereocenters. The Labute approximate surface area is 121 Å². The molecule has 0 aromatic heterocycles. The smallest absolute Gasteiger partial charge is 0.241 e. The van der Waals surface area contributed by atoms with Gasteiger partial charge in [0.2, 0.25) is 5.91 Å². The molecule has 1 aromatic carbocycles. The van der Waals surface area contributed by atoms with Gasteiger partial charge in [-0.1, -0.05) is 24.6 Å². The molecular weight excluding hydrogens is 250 g/mol. The molecule has 0 bridgehead atoms. The lowest BCUT2D eigenvalue weighted by atomic mass is 10.1. The van der Waals surface area contributed by atoms with Crippen molar-refractivity contribution in [2.24, 2.45) is 0 Å². The third-order valence-electron chi connectivity index (χ3n) is 3.98. The van der Waals surface area contributed by atoms with Gasteiger partial charge in [0.15, 0.2) is 0 Å². The maximum atomic E-state index is 12.2. The van der Waals surface area contributed by atoms with E-state index in [2.05, 4.69) is 43.1 Å². The van der Waals surface area contributed by atoms with Gasteiger partial charge in [-0.25, -0.2) is 0 Å². The van der Waals surface area contributed by atoms with Crippen LogP contribution >= 0.6 is 0 Å². The molecule has 1 aromatic rings. The van der Waals surface area contributed by atoms with Gasteiger partial charge in [0.25, 0.3) is 0 Å². The molecule has 1 aliphatic heterocycles. The highest BCUT2D eigenvalue weighted by atomic mass is 16.2. The van der Waals surface area contributed by atoms with E-state index in [1.54, 1.807) is 0 Å². The fraction of sp³-hybridized carbons (Fsp3) is 0.562. The summed E-state index contributed by atoms with van der Waals surface area (Å²) in [6.45, 7) is 11.5. The van der Waals surface area contributed by atoms with Crippen LogP contribution in [-0.4, -0.2) is 55.0 Å². The quantitative estimate of drug-likeness (QED) is 0.911. The lowest BCUT2D eigenvalue weighted by Gasteiger charge is -2.34. The third-order valence-corrected chi connectivity index (χ3v) is 3.98. The molecule has 20 heavy (non-hydrogen) atoms. The minimum Gasteiger partial charge on any atom is -0.376 e. The molecule has 0 radical (unpaired) electrons. The molecule has 1 amide bonds. The predicted octanol–water partition coefficient (Wildman–Crippen LogP) is 1.88. The monoisotopic (exact) mass is 275 g/mol. The molecule has 0 saturated carbocycles. The van der Waals surface area contributed by atoms with Crippen molar-refractivity contribution in [3.05, 3.63) is 29.3 Å². The molecule has 1 N–H and O–H groups in total. The second-order valence-electron chi connectivity index (χ2n) is 5.49. The average molecular weight is 275 g/mol. The van der Waals surface area contributed by atoms with Gasteiger partial charge in [-0.2, -0.15) is 0 Å². The molecule has 4 nitrogen and oxygen atoms in total. The Morgan fingerprint density at radius 3 is 2.50 bits per heavy atom. The minimum absolute atomic E-state index is 0.195. The van der Waals surface area contributed by atoms with Crippen LogP contribution in [0.4, 0.5) is 5.69 Å². The van der Waals surface area contributed by atoms with Gasteiger partial charge in [0.1, 0.15) is 0 Å². The zero-order valence-electron chi connectivity index (χ0n) is 12.8. The summed E-state index contributed by atoms with van der Waals surface area (Å²) < 4.78 is 0. The van der Waals surface area contributed by atoms with Crippen molar-refractivity contribution in [2.75, 3.05) is 44.6 Å². The van der Waals surface area contributed by atoms with E-state index in [0.717, 1.165) is 38.4 Å². The van der Waals surface area contributed by atoms with Crippen LogP contribution in [-0.2, 0) is 4.79 Å². The van der Waals surface area contributed by atoms with Crippen LogP contribution in [0.3, 0.4) is 0 Å². The van der Waals surface area contributed by atoms with E-state index in [-0.39, 0.29) is 5.91 Å². The molecule has 2 rings (SSSR count). The number of hydrogen-bond acceptors (Lipinski definition) is 3. The topological polar surface area (TPSA) is 35.6 Å². The number of carbonyl (C=O) groups excluding carboxylic acids is 1. The van der Waals surface area contributed by atoms with Gasteiger partial charge in [-0.05, 0) is 32.0 Å². The van der Waals surface area contributed by atoms with Gasteiger partial charge in [0.05, 0.1) is 6.54 Å². The zero-order valence-corrected chi connectivity index (χ0v) is 12.8. The summed E-state index contributed by atoms with van der Waals surface area (Å²) in [5.41, 5.74) is 3.49. The number of nitrogens with zero attached hydrogens (tertiary/aromatic N) is 2. The first-order valence-corrected chi connectivity index (χ1v) is 7.41. The highest BCUT2D eigenvalue weighted by molar-refractivity contribution is 5.81. The third kappa shape index (κ3) is 3.73. The Morgan fingerprint density at radius 2 is 1.90 bits per heavy atom. The number of aryl methyl sites for hydroxylation is 2. The van der Waals surface area contributed by atoms with Gasteiger partial charge in [-0.3, -0.25) is 4.79 Å². The van der Waals surface area contributed by atoms with Crippen molar-refractivity contribution < 1.29 is 4.79 Å². The van der Waals surface area contributed by atoms with Crippen LogP contribution in [0.2, 0.25) is 0 Å². The first-order chi connectivity index (χ1) is 9.60. The van der Waals surface area contributed by atoms with Crippen LogP contribution in [0, 0.1) is 13.8 Å². The number of anilines is 1. The SMILES string of the molecule is CCN1CCN(C(=O)CNc2ccc(C)cc2C)CC1. The number of hydrogen-bond donors (Lipinski definition) is 1. The number of nitrogens with one attached hydrogen (secondary N) is 1.